The lowest BCUT2D eigenvalue weighted by molar-refractivity contribution is 1.24. The van der Waals surface area contributed by atoms with Crippen LogP contribution in [0.15, 0.2) is 241 Å². The Morgan fingerprint density at radius 3 is 0.649 bits per heavy atom. The molecule has 272 valence electrons. The van der Waals surface area contributed by atoms with Crippen molar-refractivity contribution >= 4 is 50.1 Å². The van der Waals surface area contributed by atoms with Crippen LogP contribution in [-0.4, -0.2) is 0 Å². The minimum Gasteiger partial charge on any atom is -0.310 e. The van der Waals surface area contributed by atoms with E-state index < -0.39 is 0 Å². The lowest BCUT2D eigenvalue weighted by Crippen LogP contribution is -2.13. The molecular formula is C54H39BrN2. The van der Waals surface area contributed by atoms with Gasteiger partial charge in [0.2, 0.25) is 0 Å². The van der Waals surface area contributed by atoms with Gasteiger partial charge in [-0.25, -0.2) is 0 Å². The van der Waals surface area contributed by atoms with Crippen LogP contribution in [0, 0.1) is 0 Å². The standard InChI is InChI=1S/C54H39BrN2/c55-48-37-53(56(49-29-21-44(22-30-49)40-13-5-1-6-14-40)50-31-23-45(24-32-50)41-15-7-2-8-16-41)39-54(38-48)57(51-33-25-46(26-34-51)42-17-9-3-10-18-42)52-35-27-47(28-36-52)43-19-11-4-12-20-43/h1-39H. The summed E-state index contributed by atoms with van der Waals surface area (Å²) in [5, 5.41) is 0. The van der Waals surface area contributed by atoms with Crippen molar-refractivity contribution < 1.29 is 0 Å². The van der Waals surface area contributed by atoms with Crippen molar-refractivity contribution in [2.24, 2.45) is 0 Å². The van der Waals surface area contributed by atoms with E-state index >= 15 is 0 Å². The minimum atomic E-state index is 0.980. The first kappa shape index (κ1) is 35.7. The van der Waals surface area contributed by atoms with E-state index in [0.29, 0.717) is 0 Å². The average Bonchev–Trinajstić information content (AvgIpc) is 3.29. The fraction of sp³-hybridized carbons (Fsp3) is 0. The topological polar surface area (TPSA) is 6.48 Å². The van der Waals surface area contributed by atoms with Gasteiger partial charge in [-0.3, -0.25) is 0 Å². The summed E-state index contributed by atoms with van der Waals surface area (Å²) < 4.78 is 0.980. The molecule has 0 atom stereocenters. The molecule has 0 aromatic heterocycles. The quantitative estimate of drug-likeness (QED) is 0.136. The van der Waals surface area contributed by atoms with Gasteiger partial charge >= 0.3 is 0 Å². The van der Waals surface area contributed by atoms with Crippen LogP contribution < -0.4 is 9.80 Å². The van der Waals surface area contributed by atoms with Gasteiger partial charge in [-0.05, 0) is 111 Å². The third kappa shape index (κ3) is 7.93. The number of rotatable bonds is 10. The summed E-state index contributed by atoms with van der Waals surface area (Å²) in [7, 11) is 0. The zero-order valence-corrected chi connectivity index (χ0v) is 32.9. The largest absolute Gasteiger partial charge is 0.310 e. The van der Waals surface area contributed by atoms with Gasteiger partial charge in [-0.2, -0.15) is 0 Å². The lowest BCUT2D eigenvalue weighted by atomic mass is 10.0. The van der Waals surface area contributed by atoms with Crippen molar-refractivity contribution in [2.75, 3.05) is 9.80 Å². The third-order valence-corrected chi connectivity index (χ3v) is 10.8. The fourth-order valence-electron chi connectivity index (χ4n) is 7.45. The number of nitrogens with zero attached hydrogens (tertiary/aromatic N) is 2. The molecule has 0 radical (unpaired) electrons. The van der Waals surface area contributed by atoms with Gasteiger partial charge in [-0.15, -0.1) is 0 Å². The van der Waals surface area contributed by atoms with Crippen LogP contribution in [0.5, 0.6) is 0 Å². The molecule has 0 aliphatic heterocycles. The van der Waals surface area contributed by atoms with Crippen LogP contribution in [0.1, 0.15) is 0 Å². The zero-order chi connectivity index (χ0) is 38.4. The molecule has 0 bridgehead atoms. The number of halogens is 1. The molecule has 57 heavy (non-hydrogen) atoms. The molecule has 0 heterocycles. The molecule has 9 aromatic carbocycles. The van der Waals surface area contributed by atoms with Gasteiger partial charge in [-0.1, -0.05) is 186 Å². The van der Waals surface area contributed by atoms with Crippen molar-refractivity contribution in [3.05, 3.63) is 241 Å². The number of anilines is 6. The maximum atomic E-state index is 3.96. The first-order valence-corrected chi connectivity index (χ1v) is 20.0. The first-order chi connectivity index (χ1) is 28.2. The number of hydrogen-bond donors (Lipinski definition) is 0. The number of hydrogen-bond acceptors (Lipinski definition) is 2. The summed E-state index contributed by atoms with van der Waals surface area (Å²) in [5.41, 5.74) is 15.8. The Bertz CT molecular complexity index is 2330. The van der Waals surface area contributed by atoms with Gasteiger partial charge in [0.1, 0.15) is 0 Å². The smallest absolute Gasteiger partial charge is 0.0493 e. The Morgan fingerprint density at radius 2 is 0.421 bits per heavy atom. The van der Waals surface area contributed by atoms with Gasteiger partial charge < -0.3 is 9.80 Å². The average molecular weight is 796 g/mol. The molecule has 0 amide bonds. The summed E-state index contributed by atoms with van der Waals surface area (Å²) in [6.07, 6.45) is 0. The Hall–Kier alpha value is -6.94. The molecule has 0 aliphatic rings. The van der Waals surface area contributed by atoms with Gasteiger partial charge in [0, 0.05) is 38.6 Å². The molecule has 0 unspecified atom stereocenters. The molecule has 0 fully saturated rings. The molecule has 2 nitrogen and oxygen atoms in total. The zero-order valence-electron chi connectivity index (χ0n) is 31.3. The monoisotopic (exact) mass is 794 g/mol. The van der Waals surface area contributed by atoms with E-state index in [1.165, 1.54) is 44.5 Å². The molecule has 0 saturated heterocycles. The summed E-state index contributed by atoms with van der Waals surface area (Å²) in [5.74, 6) is 0. The van der Waals surface area contributed by atoms with Crippen LogP contribution in [-0.2, 0) is 0 Å². The van der Waals surface area contributed by atoms with Crippen molar-refractivity contribution in [3.8, 4) is 44.5 Å². The minimum absolute atomic E-state index is 0.980. The molecule has 9 rings (SSSR count). The predicted molar refractivity (Wildman–Crippen MR) is 245 cm³/mol. The van der Waals surface area contributed by atoms with Crippen LogP contribution in [0.25, 0.3) is 44.5 Å². The van der Waals surface area contributed by atoms with Gasteiger partial charge in [0.15, 0.2) is 0 Å². The van der Waals surface area contributed by atoms with Gasteiger partial charge in [0.25, 0.3) is 0 Å². The van der Waals surface area contributed by atoms with Crippen molar-refractivity contribution in [1.29, 1.82) is 0 Å². The van der Waals surface area contributed by atoms with Crippen LogP contribution in [0.3, 0.4) is 0 Å². The highest BCUT2D eigenvalue weighted by atomic mass is 79.9. The highest BCUT2D eigenvalue weighted by Gasteiger charge is 2.19. The maximum Gasteiger partial charge on any atom is 0.0493 e. The molecule has 0 N–H and O–H groups in total. The maximum absolute atomic E-state index is 3.96. The van der Waals surface area contributed by atoms with E-state index in [9.17, 15) is 0 Å². The predicted octanol–water partition coefficient (Wildman–Crippen LogP) is 16.1. The van der Waals surface area contributed by atoms with E-state index in [1.807, 2.05) is 0 Å². The molecule has 0 saturated carbocycles. The summed E-state index contributed by atoms with van der Waals surface area (Å²) in [6, 6.07) is 84.3. The van der Waals surface area contributed by atoms with Crippen LogP contribution in [0.2, 0.25) is 0 Å². The van der Waals surface area contributed by atoms with Crippen molar-refractivity contribution in [1.82, 2.24) is 0 Å². The molecule has 9 aromatic rings. The van der Waals surface area contributed by atoms with Crippen LogP contribution in [0.4, 0.5) is 34.1 Å². The summed E-state index contributed by atoms with van der Waals surface area (Å²) in [4.78, 5) is 4.68. The van der Waals surface area contributed by atoms with Crippen molar-refractivity contribution in [3.63, 3.8) is 0 Å². The highest BCUT2D eigenvalue weighted by molar-refractivity contribution is 9.10. The molecule has 0 aliphatic carbocycles. The van der Waals surface area contributed by atoms with Gasteiger partial charge in [0.05, 0.1) is 0 Å². The summed E-state index contributed by atoms with van der Waals surface area (Å²) >= 11 is 3.96. The molecule has 0 spiro atoms. The Morgan fingerprint density at radius 1 is 0.211 bits per heavy atom. The summed E-state index contributed by atoms with van der Waals surface area (Å²) in [6.45, 7) is 0. The lowest BCUT2D eigenvalue weighted by Gasteiger charge is -2.30. The third-order valence-electron chi connectivity index (χ3n) is 10.3. The SMILES string of the molecule is Brc1cc(N(c2ccc(-c3ccccc3)cc2)c2ccc(-c3ccccc3)cc2)cc(N(c2ccc(-c3ccccc3)cc2)c2ccc(-c3ccccc3)cc2)c1. The second kappa shape index (κ2) is 16.4. The normalized spacial score (nSPS) is 10.9. The second-order valence-electron chi connectivity index (χ2n) is 14.0. The Labute approximate surface area is 343 Å². The second-order valence-corrected chi connectivity index (χ2v) is 14.9. The molecule has 3 heteroatoms. The fourth-order valence-corrected chi connectivity index (χ4v) is 7.91. The van der Waals surface area contributed by atoms with E-state index in [-0.39, 0.29) is 0 Å². The Balaban J connectivity index is 1.16. The van der Waals surface area contributed by atoms with E-state index in [2.05, 4.69) is 262 Å². The first-order valence-electron chi connectivity index (χ1n) is 19.2. The number of benzene rings is 9. The highest BCUT2D eigenvalue weighted by Crippen LogP contribution is 2.43. The van der Waals surface area contributed by atoms with E-state index in [1.54, 1.807) is 0 Å². The Kier molecular flexibility index (Phi) is 10.3. The van der Waals surface area contributed by atoms with Crippen LogP contribution >= 0.6 is 15.9 Å². The van der Waals surface area contributed by atoms with E-state index in [0.717, 1.165) is 38.6 Å². The van der Waals surface area contributed by atoms with E-state index in [4.69, 9.17) is 0 Å². The van der Waals surface area contributed by atoms with Crippen molar-refractivity contribution in [2.45, 2.75) is 0 Å². The molecular weight excluding hydrogens is 757 g/mol.